The molecular weight excluding hydrogens is 532 g/mol. The van der Waals surface area contributed by atoms with Crippen molar-refractivity contribution in [3.63, 3.8) is 0 Å². The first-order valence-corrected chi connectivity index (χ1v) is 12.6. The van der Waals surface area contributed by atoms with Crippen molar-refractivity contribution in [1.29, 1.82) is 0 Å². The lowest BCUT2D eigenvalue weighted by Crippen LogP contribution is -2.16. The predicted octanol–water partition coefficient (Wildman–Crippen LogP) is 5.39. The van der Waals surface area contributed by atoms with E-state index in [9.17, 15) is 24.0 Å². The van der Waals surface area contributed by atoms with Gasteiger partial charge in [-0.2, -0.15) is 0 Å². The third kappa shape index (κ3) is 9.61. The van der Waals surface area contributed by atoms with E-state index in [1.54, 1.807) is 34.6 Å². The second-order valence-electron chi connectivity index (χ2n) is 9.37. The molecule has 0 bridgehead atoms. The zero-order valence-corrected chi connectivity index (χ0v) is 23.8. The molecule has 10 heteroatoms. The van der Waals surface area contributed by atoms with Gasteiger partial charge < -0.3 is 23.7 Å². The summed E-state index contributed by atoms with van der Waals surface area (Å²) in [5.41, 5.74) is 0.960. The maximum atomic E-state index is 13.1. The molecule has 216 valence electrons. The van der Waals surface area contributed by atoms with Gasteiger partial charge in [0.1, 0.15) is 28.7 Å². The van der Waals surface area contributed by atoms with Crippen LogP contribution >= 0.6 is 0 Å². The van der Waals surface area contributed by atoms with Crippen LogP contribution in [0.25, 0.3) is 5.57 Å². The van der Waals surface area contributed by atoms with E-state index in [0.717, 1.165) is 12.2 Å². The maximum Gasteiger partial charge on any atom is 0.339 e. The summed E-state index contributed by atoms with van der Waals surface area (Å²) < 4.78 is 26.5. The maximum absolute atomic E-state index is 13.1. The highest BCUT2D eigenvalue weighted by molar-refractivity contribution is 5.98. The van der Waals surface area contributed by atoms with Gasteiger partial charge in [-0.1, -0.05) is 40.9 Å². The number of hydrogen-bond acceptors (Lipinski definition) is 10. The monoisotopic (exact) mass is 564 g/mol. The van der Waals surface area contributed by atoms with E-state index in [1.807, 2.05) is 0 Å². The number of ether oxygens (including phenoxy) is 5. The third-order valence-electron chi connectivity index (χ3n) is 5.40. The van der Waals surface area contributed by atoms with Crippen LogP contribution in [0.5, 0.6) is 28.7 Å². The summed E-state index contributed by atoms with van der Waals surface area (Å²) in [5, 5.41) is 0. The Balaban J connectivity index is 2.47. The van der Waals surface area contributed by atoms with Crippen molar-refractivity contribution in [3.8, 4) is 28.7 Å². The predicted molar refractivity (Wildman–Crippen MR) is 149 cm³/mol. The van der Waals surface area contributed by atoms with Crippen molar-refractivity contribution in [2.45, 2.75) is 41.5 Å². The summed E-state index contributed by atoms with van der Waals surface area (Å²) in [6, 6.07) is 8.22. The molecular formula is C31H32O10. The number of carbonyl (C=O) groups excluding carboxylic acids is 5. The van der Waals surface area contributed by atoms with E-state index in [2.05, 4.69) is 13.2 Å². The van der Waals surface area contributed by atoms with Crippen LogP contribution in [0.1, 0.15) is 47.1 Å². The van der Waals surface area contributed by atoms with Crippen LogP contribution in [-0.2, 0) is 24.0 Å². The molecule has 41 heavy (non-hydrogen) atoms. The van der Waals surface area contributed by atoms with Gasteiger partial charge in [-0.25, -0.2) is 14.4 Å². The quantitative estimate of drug-likeness (QED) is 0.199. The summed E-state index contributed by atoms with van der Waals surface area (Å²) in [6.07, 6.45) is 1.92. The average molecular weight is 565 g/mol. The van der Waals surface area contributed by atoms with Crippen molar-refractivity contribution in [2.75, 3.05) is 0 Å². The van der Waals surface area contributed by atoms with Crippen molar-refractivity contribution in [2.24, 2.45) is 11.8 Å². The molecule has 0 atom stereocenters. The molecule has 0 saturated heterocycles. The molecule has 0 aliphatic carbocycles. The van der Waals surface area contributed by atoms with Gasteiger partial charge in [-0.05, 0) is 37.1 Å². The topological polar surface area (TPSA) is 132 Å². The third-order valence-corrected chi connectivity index (χ3v) is 5.40. The Morgan fingerprint density at radius 1 is 0.585 bits per heavy atom. The van der Waals surface area contributed by atoms with Gasteiger partial charge >= 0.3 is 29.8 Å². The van der Waals surface area contributed by atoms with E-state index < -0.39 is 41.7 Å². The molecule has 0 saturated carbocycles. The molecule has 0 amide bonds. The van der Waals surface area contributed by atoms with E-state index >= 15 is 0 Å². The van der Waals surface area contributed by atoms with Gasteiger partial charge in [-0.3, -0.25) is 9.59 Å². The highest BCUT2D eigenvalue weighted by Gasteiger charge is 2.19. The zero-order chi connectivity index (χ0) is 30.9. The fourth-order valence-electron chi connectivity index (χ4n) is 2.97. The molecule has 0 aliphatic heterocycles. The number of carbonyl (C=O) groups is 5. The standard InChI is InChI=1S/C31H32O10/c1-9-27(32)37-22-11-21(12-23(13-22)39-29(34)17(3)4)19(7)20(8)31(36)41-26-15-24(38-28(33)10-2)14-25(16-26)40-30(35)18(5)6/h9-18H,1-2H2,3-8H3/b20-19+. The molecule has 2 aromatic rings. The smallest absolute Gasteiger partial charge is 0.339 e. The average Bonchev–Trinajstić information content (AvgIpc) is 2.91. The van der Waals surface area contributed by atoms with E-state index in [0.29, 0.717) is 11.1 Å². The van der Waals surface area contributed by atoms with Gasteiger partial charge in [-0.15, -0.1) is 0 Å². The molecule has 2 rings (SSSR count). The van der Waals surface area contributed by atoms with Gasteiger partial charge in [0.05, 0.1) is 11.8 Å². The number of hydrogen-bond donors (Lipinski definition) is 0. The van der Waals surface area contributed by atoms with Crippen LogP contribution < -0.4 is 23.7 Å². The number of allylic oxidation sites excluding steroid dienone is 1. The summed E-state index contributed by atoms with van der Waals surface area (Å²) >= 11 is 0. The Kier molecular flexibility index (Phi) is 11.3. The molecule has 0 fully saturated rings. The molecule has 0 N–H and O–H groups in total. The lowest BCUT2D eigenvalue weighted by molar-refractivity contribution is -0.138. The van der Waals surface area contributed by atoms with Gasteiger partial charge in [0, 0.05) is 42.0 Å². The molecule has 0 aliphatic rings. The van der Waals surface area contributed by atoms with Gasteiger partial charge in [0.15, 0.2) is 0 Å². The Hall–Kier alpha value is -4.99. The second-order valence-corrected chi connectivity index (χ2v) is 9.37. The molecule has 0 aromatic heterocycles. The summed E-state index contributed by atoms with van der Waals surface area (Å²) in [7, 11) is 0. The summed E-state index contributed by atoms with van der Waals surface area (Å²) in [6.45, 7) is 16.4. The minimum absolute atomic E-state index is 0.00689. The Bertz CT molecular complexity index is 1410. The highest BCUT2D eigenvalue weighted by atomic mass is 16.6. The van der Waals surface area contributed by atoms with Crippen LogP contribution in [0.15, 0.2) is 67.3 Å². The van der Waals surface area contributed by atoms with Gasteiger partial charge in [0.2, 0.25) is 0 Å². The Morgan fingerprint density at radius 2 is 0.927 bits per heavy atom. The van der Waals surface area contributed by atoms with Crippen LogP contribution in [0.4, 0.5) is 0 Å². The lowest BCUT2D eigenvalue weighted by Gasteiger charge is -2.14. The van der Waals surface area contributed by atoms with Crippen molar-refractivity contribution < 1.29 is 47.7 Å². The molecule has 10 nitrogen and oxygen atoms in total. The largest absolute Gasteiger partial charge is 0.426 e. The summed E-state index contributed by atoms with van der Waals surface area (Å²) in [5.74, 6) is -4.16. The zero-order valence-electron chi connectivity index (χ0n) is 23.8. The minimum Gasteiger partial charge on any atom is -0.426 e. The van der Waals surface area contributed by atoms with E-state index in [4.69, 9.17) is 23.7 Å². The number of rotatable bonds is 11. The number of benzene rings is 2. The van der Waals surface area contributed by atoms with Crippen LogP contribution in [0.2, 0.25) is 0 Å². The second kappa shape index (κ2) is 14.4. The van der Waals surface area contributed by atoms with Crippen LogP contribution in [-0.4, -0.2) is 29.8 Å². The van der Waals surface area contributed by atoms with Crippen molar-refractivity contribution >= 4 is 35.4 Å². The van der Waals surface area contributed by atoms with Crippen molar-refractivity contribution in [3.05, 3.63) is 72.8 Å². The summed E-state index contributed by atoms with van der Waals surface area (Å²) in [4.78, 5) is 60.9. The van der Waals surface area contributed by atoms with Crippen molar-refractivity contribution in [1.82, 2.24) is 0 Å². The fourth-order valence-corrected chi connectivity index (χ4v) is 2.97. The minimum atomic E-state index is -0.787. The molecule has 2 aromatic carbocycles. The van der Waals surface area contributed by atoms with E-state index in [-0.39, 0.29) is 34.3 Å². The van der Waals surface area contributed by atoms with Crippen LogP contribution in [0, 0.1) is 11.8 Å². The molecule has 0 radical (unpaired) electrons. The molecule has 0 unspecified atom stereocenters. The van der Waals surface area contributed by atoms with Crippen LogP contribution in [0.3, 0.4) is 0 Å². The SMILES string of the molecule is C=CC(=O)Oc1cc(OC(=O)/C(C)=C(\C)c2cc(OC(=O)C=C)cc(OC(=O)C(C)C)c2)cc(OC(=O)C(C)C)c1. The highest BCUT2D eigenvalue weighted by Crippen LogP contribution is 2.32. The number of esters is 5. The first-order chi connectivity index (χ1) is 19.2. The van der Waals surface area contributed by atoms with E-state index in [1.165, 1.54) is 43.3 Å². The van der Waals surface area contributed by atoms with Gasteiger partial charge in [0.25, 0.3) is 0 Å². The first kappa shape index (κ1) is 32.2. The fraction of sp³-hybridized carbons (Fsp3) is 0.258. The molecule has 0 spiro atoms. The molecule has 0 heterocycles. The first-order valence-electron chi connectivity index (χ1n) is 12.6. The normalized spacial score (nSPS) is 11.2. The Labute approximate surface area is 238 Å². The lowest BCUT2D eigenvalue weighted by atomic mass is 10.0. The Morgan fingerprint density at radius 3 is 1.32 bits per heavy atom.